The van der Waals surface area contributed by atoms with Crippen LogP contribution in [0.5, 0.6) is 0 Å². The highest BCUT2D eigenvalue weighted by molar-refractivity contribution is 5.99. The van der Waals surface area contributed by atoms with Gasteiger partial charge in [0, 0.05) is 24.5 Å². The molecule has 0 saturated carbocycles. The summed E-state index contributed by atoms with van der Waals surface area (Å²) in [6.45, 7) is 6.77. The monoisotopic (exact) mass is 367 g/mol. The Hall–Kier alpha value is -2.77. The van der Waals surface area contributed by atoms with Gasteiger partial charge in [0.25, 0.3) is 5.91 Å². The van der Waals surface area contributed by atoms with E-state index in [1.807, 2.05) is 36.5 Å². The number of carbonyl (C=O) groups is 1. The van der Waals surface area contributed by atoms with Gasteiger partial charge in [-0.25, -0.2) is 9.50 Å². The number of carbonyl (C=O) groups excluding carboxylic acids is 1. The molecule has 1 amide bonds. The number of nitrogens with one attached hydrogen (secondary N) is 1. The smallest absolute Gasteiger partial charge is 0.257 e. The molecule has 0 bridgehead atoms. The Morgan fingerprint density at radius 1 is 1.22 bits per heavy atom. The second-order valence-electron chi connectivity index (χ2n) is 6.37. The minimum Gasteiger partial charge on any atom is -0.394 e. The van der Waals surface area contributed by atoms with Crippen LogP contribution < -0.4 is 5.32 Å². The van der Waals surface area contributed by atoms with Crippen molar-refractivity contribution < 1.29 is 9.90 Å². The van der Waals surface area contributed by atoms with E-state index in [2.05, 4.69) is 34.1 Å². The molecule has 2 heterocycles. The van der Waals surface area contributed by atoms with E-state index in [1.165, 1.54) is 6.20 Å². The number of hydrogen-bond donors (Lipinski definition) is 2. The van der Waals surface area contributed by atoms with Crippen LogP contribution in [0, 0.1) is 0 Å². The third-order valence-electron chi connectivity index (χ3n) is 4.64. The van der Waals surface area contributed by atoms with E-state index in [1.54, 1.807) is 10.7 Å². The van der Waals surface area contributed by atoms with Crippen LogP contribution in [0.4, 0.5) is 0 Å². The highest BCUT2D eigenvalue weighted by Gasteiger charge is 2.19. The number of rotatable bonds is 8. The number of hydrogen-bond acceptors (Lipinski definition) is 5. The molecule has 142 valence electrons. The topological polar surface area (TPSA) is 82.8 Å². The highest BCUT2D eigenvalue weighted by Crippen LogP contribution is 2.15. The third kappa shape index (κ3) is 4.32. The van der Waals surface area contributed by atoms with Gasteiger partial charge in [0.05, 0.1) is 18.8 Å². The zero-order valence-electron chi connectivity index (χ0n) is 15.7. The van der Waals surface area contributed by atoms with E-state index >= 15 is 0 Å². The maximum atomic E-state index is 12.7. The van der Waals surface area contributed by atoms with Crippen LogP contribution in [0.25, 0.3) is 5.65 Å². The molecule has 0 saturated heterocycles. The molecule has 0 aliphatic heterocycles. The predicted octanol–water partition coefficient (Wildman–Crippen LogP) is 2.03. The number of aliphatic hydroxyl groups excluding tert-OH is 1. The average molecular weight is 367 g/mol. The fourth-order valence-corrected chi connectivity index (χ4v) is 3.02. The molecule has 0 aliphatic rings. The summed E-state index contributed by atoms with van der Waals surface area (Å²) in [7, 11) is 0. The van der Waals surface area contributed by atoms with Crippen molar-refractivity contribution in [1.82, 2.24) is 24.8 Å². The van der Waals surface area contributed by atoms with Crippen LogP contribution in [0.1, 0.15) is 41.4 Å². The lowest BCUT2D eigenvalue weighted by Crippen LogP contribution is -2.30. The summed E-state index contributed by atoms with van der Waals surface area (Å²) in [6.07, 6.45) is 5.20. The molecule has 3 aromatic rings. The first-order valence-corrected chi connectivity index (χ1v) is 9.17. The van der Waals surface area contributed by atoms with Gasteiger partial charge in [-0.15, -0.1) is 0 Å². The molecule has 7 heteroatoms. The zero-order chi connectivity index (χ0) is 19.2. The molecule has 1 aromatic carbocycles. The number of benzene rings is 1. The number of amides is 1. The van der Waals surface area contributed by atoms with E-state index < -0.39 is 6.04 Å². The van der Waals surface area contributed by atoms with E-state index in [9.17, 15) is 9.90 Å². The van der Waals surface area contributed by atoms with Crippen LogP contribution in [0.3, 0.4) is 0 Å². The van der Waals surface area contributed by atoms with Crippen molar-refractivity contribution in [1.29, 1.82) is 0 Å². The maximum Gasteiger partial charge on any atom is 0.257 e. The van der Waals surface area contributed by atoms with Gasteiger partial charge < -0.3 is 10.4 Å². The van der Waals surface area contributed by atoms with Crippen LogP contribution >= 0.6 is 0 Å². The Morgan fingerprint density at radius 3 is 2.63 bits per heavy atom. The fourth-order valence-electron chi connectivity index (χ4n) is 3.02. The van der Waals surface area contributed by atoms with Crippen LogP contribution in [0.2, 0.25) is 0 Å². The SMILES string of the molecule is CCN(CC)Cc1cnc2c(C(=O)N[C@H](CO)c3ccccc3)cnn2c1. The van der Waals surface area contributed by atoms with E-state index in [0.29, 0.717) is 11.2 Å². The molecular weight excluding hydrogens is 342 g/mol. The number of aromatic nitrogens is 3. The molecule has 27 heavy (non-hydrogen) atoms. The van der Waals surface area contributed by atoms with Gasteiger partial charge in [-0.3, -0.25) is 9.69 Å². The normalized spacial score (nSPS) is 12.4. The Labute approximate surface area is 158 Å². The third-order valence-corrected chi connectivity index (χ3v) is 4.64. The highest BCUT2D eigenvalue weighted by atomic mass is 16.3. The molecule has 7 nitrogen and oxygen atoms in total. The zero-order valence-corrected chi connectivity index (χ0v) is 15.7. The summed E-state index contributed by atoms with van der Waals surface area (Å²) in [5.41, 5.74) is 2.78. The Kier molecular flexibility index (Phi) is 6.16. The second kappa shape index (κ2) is 8.75. The van der Waals surface area contributed by atoms with Crippen molar-refractivity contribution in [2.75, 3.05) is 19.7 Å². The Balaban J connectivity index is 1.79. The molecule has 0 radical (unpaired) electrons. The Bertz CT molecular complexity index is 890. The lowest BCUT2D eigenvalue weighted by Gasteiger charge is -2.17. The van der Waals surface area contributed by atoms with Crippen molar-refractivity contribution >= 4 is 11.6 Å². The minimum absolute atomic E-state index is 0.184. The van der Waals surface area contributed by atoms with E-state index in [4.69, 9.17) is 0 Å². The molecule has 1 atom stereocenters. The molecule has 0 spiro atoms. The maximum absolute atomic E-state index is 12.7. The Morgan fingerprint density at radius 2 is 1.96 bits per heavy atom. The van der Waals surface area contributed by atoms with Crippen molar-refractivity contribution in [3.8, 4) is 0 Å². The van der Waals surface area contributed by atoms with Gasteiger partial charge in [-0.1, -0.05) is 44.2 Å². The number of aliphatic hydroxyl groups is 1. The summed E-state index contributed by atoms with van der Waals surface area (Å²) in [4.78, 5) is 19.4. The largest absolute Gasteiger partial charge is 0.394 e. The minimum atomic E-state index is -0.476. The van der Waals surface area contributed by atoms with E-state index in [-0.39, 0.29) is 12.5 Å². The summed E-state index contributed by atoms with van der Waals surface area (Å²) < 4.78 is 1.63. The predicted molar refractivity (Wildman–Crippen MR) is 103 cm³/mol. The van der Waals surface area contributed by atoms with Crippen LogP contribution in [-0.4, -0.2) is 50.2 Å². The van der Waals surface area contributed by atoms with Crippen molar-refractivity contribution in [2.24, 2.45) is 0 Å². The summed E-state index contributed by atoms with van der Waals surface area (Å²) in [5, 5.41) is 16.8. The van der Waals surface area contributed by atoms with Crippen molar-refractivity contribution in [3.05, 3.63) is 65.6 Å². The first-order chi connectivity index (χ1) is 13.2. The van der Waals surface area contributed by atoms with Crippen molar-refractivity contribution in [3.63, 3.8) is 0 Å². The molecule has 3 rings (SSSR count). The van der Waals surface area contributed by atoms with Crippen LogP contribution in [0.15, 0.2) is 48.9 Å². The summed E-state index contributed by atoms with van der Waals surface area (Å²) >= 11 is 0. The summed E-state index contributed by atoms with van der Waals surface area (Å²) in [5.74, 6) is -0.308. The van der Waals surface area contributed by atoms with Gasteiger partial charge in [0.15, 0.2) is 5.65 Å². The van der Waals surface area contributed by atoms with Gasteiger partial charge in [0.1, 0.15) is 5.56 Å². The van der Waals surface area contributed by atoms with Gasteiger partial charge in [0.2, 0.25) is 0 Å². The van der Waals surface area contributed by atoms with Gasteiger partial charge in [-0.2, -0.15) is 5.10 Å². The van der Waals surface area contributed by atoms with Crippen molar-refractivity contribution in [2.45, 2.75) is 26.4 Å². The molecule has 0 aliphatic carbocycles. The molecular formula is C20H25N5O2. The molecule has 0 fully saturated rings. The first-order valence-electron chi connectivity index (χ1n) is 9.17. The molecule has 2 N–H and O–H groups in total. The quantitative estimate of drug-likeness (QED) is 0.637. The average Bonchev–Trinajstić information content (AvgIpc) is 3.14. The summed E-state index contributed by atoms with van der Waals surface area (Å²) in [6, 6.07) is 8.90. The first kappa shape index (κ1) is 19.0. The number of nitrogens with zero attached hydrogens (tertiary/aromatic N) is 4. The lowest BCUT2D eigenvalue weighted by atomic mass is 10.1. The number of fused-ring (bicyclic) bond motifs is 1. The molecule has 0 unspecified atom stereocenters. The second-order valence-corrected chi connectivity index (χ2v) is 6.37. The van der Waals surface area contributed by atoms with E-state index in [0.717, 1.165) is 30.8 Å². The molecule has 2 aromatic heterocycles. The van der Waals surface area contributed by atoms with Crippen LogP contribution in [-0.2, 0) is 6.54 Å². The fraction of sp³-hybridized carbons (Fsp3) is 0.350. The standard InChI is InChI=1S/C20H25N5O2/c1-3-24(4-2)12-15-10-21-19-17(11-22-25(19)13-15)20(27)23-18(14-26)16-8-6-5-7-9-16/h5-11,13,18,26H,3-4,12,14H2,1-2H3,(H,23,27)/t18-/m1/s1. The van der Waals surface area contributed by atoms with Gasteiger partial charge >= 0.3 is 0 Å². The van der Waals surface area contributed by atoms with Gasteiger partial charge in [-0.05, 0) is 18.7 Å². The lowest BCUT2D eigenvalue weighted by molar-refractivity contribution is 0.0917.